The Kier molecular flexibility index (Phi) is 5.84. The molecule has 23 heavy (non-hydrogen) atoms. The van der Waals surface area contributed by atoms with Crippen LogP contribution >= 0.6 is 0 Å². The highest BCUT2D eigenvalue weighted by molar-refractivity contribution is 5.89. The quantitative estimate of drug-likeness (QED) is 0.253. The average molecular weight is 316 g/mol. The van der Waals surface area contributed by atoms with Gasteiger partial charge in [0.1, 0.15) is 6.04 Å². The van der Waals surface area contributed by atoms with Gasteiger partial charge in [-0.05, 0) is 12.0 Å². The van der Waals surface area contributed by atoms with Crippen LogP contribution < -0.4 is 22.3 Å². The standard InChI is InChI=1S/C15H20N6O2/c16-12(6-10-4-2-1-3-5-10)14(22)20-13(15(23)21-17)7-11-8-18-9-19-11/h1-5,8-9,12-13H,6-7,16-17H2,(H,18,19)(H,20,22)(H,21,23)/t12-,13-/m0/s1. The highest BCUT2D eigenvalue weighted by Gasteiger charge is 2.24. The minimum Gasteiger partial charge on any atom is -0.348 e. The van der Waals surface area contributed by atoms with Gasteiger partial charge >= 0.3 is 0 Å². The third-order valence-electron chi connectivity index (χ3n) is 3.39. The van der Waals surface area contributed by atoms with E-state index in [0.29, 0.717) is 12.1 Å². The third kappa shape index (κ3) is 4.90. The normalized spacial score (nSPS) is 13.1. The Balaban J connectivity index is 1.97. The van der Waals surface area contributed by atoms with Crippen LogP contribution in [0.4, 0.5) is 0 Å². The minimum atomic E-state index is -0.824. The maximum absolute atomic E-state index is 12.2. The Morgan fingerprint density at radius 2 is 1.91 bits per heavy atom. The fraction of sp³-hybridized carbons (Fsp3) is 0.267. The molecule has 0 fully saturated rings. The van der Waals surface area contributed by atoms with Crippen molar-refractivity contribution in [2.24, 2.45) is 11.6 Å². The highest BCUT2D eigenvalue weighted by atomic mass is 16.2. The molecule has 0 spiro atoms. The van der Waals surface area contributed by atoms with Gasteiger partial charge in [-0.15, -0.1) is 0 Å². The van der Waals surface area contributed by atoms with Crippen LogP contribution in [0.3, 0.4) is 0 Å². The van der Waals surface area contributed by atoms with Crippen molar-refractivity contribution in [3.63, 3.8) is 0 Å². The van der Waals surface area contributed by atoms with E-state index < -0.39 is 23.9 Å². The Morgan fingerprint density at radius 3 is 2.52 bits per heavy atom. The van der Waals surface area contributed by atoms with Crippen LogP contribution in [0.25, 0.3) is 0 Å². The summed E-state index contributed by atoms with van der Waals surface area (Å²) in [4.78, 5) is 30.8. The second kappa shape index (κ2) is 8.06. The van der Waals surface area contributed by atoms with Crippen molar-refractivity contribution in [3.8, 4) is 0 Å². The average Bonchev–Trinajstić information content (AvgIpc) is 3.07. The molecule has 8 nitrogen and oxygen atoms in total. The predicted octanol–water partition coefficient (Wildman–Crippen LogP) is -1.00. The van der Waals surface area contributed by atoms with Gasteiger partial charge in [-0.2, -0.15) is 0 Å². The van der Waals surface area contributed by atoms with Crippen molar-refractivity contribution in [2.75, 3.05) is 0 Å². The lowest BCUT2D eigenvalue weighted by Crippen LogP contribution is -2.54. The van der Waals surface area contributed by atoms with E-state index in [0.717, 1.165) is 5.56 Å². The molecule has 7 N–H and O–H groups in total. The van der Waals surface area contributed by atoms with E-state index in [-0.39, 0.29) is 6.42 Å². The van der Waals surface area contributed by atoms with E-state index >= 15 is 0 Å². The number of benzene rings is 1. The van der Waals surface area contributed by atoms with Crippen molar-refractivity contribution in [1.82, 2.24) is 20.7 Å². The Hall–Kier alpha value is -2.71. The van der Waals surface area contributed by atoms with Crippen molar-refractivity contribution in [3.05, 3.63) is 54.1 Å². The zero-order chi connectivity index (χ0) is 16.7. The number of rotatable bonds is 7. The molecule has 0 aliphatic rings. The zero-order valence-corrected chi connectivity index (χ0v) is 12.5. The molecule has 0 aliphatic carbocycles. The first-order chi connectivity index (χ1) is 11.1. The number of nitrogens with one attached hydrogen (secondary N) is 3. The van der Waals surface area contributed by atoms with E-state index in [9.17, 15) is 9.59 Å². The Bertz CT molecular complexity index is 629. The first kappa shape index (κ1) is 16.7. The first-order valence-electron chi connectivity index (χ1n) is 7.17. The molecular formula is C15H20N6O2. The first-order valence-corrected chi connectivity index (χ1v) is 7.17. The van der Waals surface area contributed by atoms with Crippen LogP contribution in [0.2, 0.25) is 0 Å². The van der Waals surface area contributed by atoms with Crippen LogP contribution in [0, 0.1) is 0 Å². The van der Waals surface area contributed by atoms with Crippen LogP contribution in [-0.4, -0.2) is 33.9 Å². The molecule has 2 amide bonds. The summed E-state index contributed by atoms with van der Waals surface area (Å²) >= 11 is 0. The maximum atomic E-state index is 12.2. The third-order valence-corrected chi connectivity index (χ3v) is 3.39. The number of nitrogens with two attached hydrogens (primary N) is 2. The summed E-state index contributed by atoms with van der Waals surface area (Å²) in [5.74, 6) is 4.25. The molecule has 0 bridgehead atoms. The maximum Gasteiger partial charge on any atom is 0.256 e. The lowest BCUT2D eigenvalue weighted by Gasteiger charge is -2.19. The molecule has 2 atom stereocenters. The molecule has 0 saturated carbocycles. The highest BCUT2D eigenvalue weighted by Crippen LogP contribution is 2.03. The Morgan fingerprint density at radius 1 is 1.17 bits per heavy atom. The van der Waals surface area contributed by atoms with Gasteiger partial charge in [-0.25, -0.2) is 10.8 Å². The Labute approximate surface area is 133 Å². The summed E-state index contributed by atoms with van der Waals surface area (Å²) in [6, 6.07) is 7.85. The second-order valence-corrected chi connectivity index (χ2v) is 5.15. The van der Waals surface area contributed by atoms with Crippen molar-refractivity contribution in [2.45, 2.75) is 24.9 Å². The molecular weight excluding hydrogens is 296 g/mol. The number of aromatic amines is 1. The lowest BCUT2D eigenvalue weighted by atomic mass is 10.0. The van der Waals surface area contributed by atoms with Gasteiger partial charge in [0, 0.05) is 18.3 Å². The van der Waals surface area contributed by atoms with Gasteiger partial charge in [0.25, 0.3) is 5.91 Å². The van der Waals surface area contributed by atoms with Gasteiger partial charge in [0.2, 0.25) is 5.91 Å². The molecule has 2 aromatic rings. The predicted molar refractivity (Wildman–Crippen MR) is 84.7 cm³/mol. The van der Waals surface area contributed by atoms with E-state index in [1.54, 1.807) is 6.20 Å². The molecule has 8 heteroatoms. The van der Waals surface area contributed by atoms with Gasteiger partial charge in [-0.3, -0.25) is 15.0 Å². The largest absolute Gasteiger partial charge is 0.348 e. The summed E-state index contributed by atoms with van der Waals surface area (Å²) < 4.78 is 0. The summed E-state index contributed by atoms with van der Waals surface area (Å²) in [6.45, 7) is 0. The number of imidazole rings is 1. The molecule has 0 aliphatic heterocycles. The van der Waals surface area contributed by atoms with E-state index in [2.05, 4.69) is 15.3 Å². The number of amides is 2. The molecule has 0 unspecified atom stereocenters. The van der Waals surface area contributed by atoms with Crippen LogP contribution in [0.5, 0.6) is 0 Å². The van der Waals surface area contributed by atoms with E-state index in [4.69, 9.17) is 11.6 Å². The molecule has 1 aromatic carbocycles. The number of hydrogen-bond acceptors (Lipinski definition) is 5. The number of carbonyl (C=O) groups excluding carboxylic acids is 2. The van der Waals surface area contributed by atoms with E-state index in [1.165, 1.54) is 6.33 Å². The van der Waals surface area contributed by atoms with Gasteiger partial charge in [-0.1, -0.05) is 30.3 Å². The summed E-state index contributed by atoms with van der Waals surface area (Å²) in [7, 11) is 0. The van der Waals surface area contributed by atoms with Crippen LogP contribution in [0.15, 0.2) is 42.9 Å². The SMILES string of the molecule is NNC(=O)[C@H](Cc1cnc[nH]1)NC(=O)[C@@H](N)Cc1ccccc1. The van der Waals surface area contributed by atoms with Gasteiger partial charge < -0.3 is 16.0 Å². The number of hydrogen-bond donors (Lipinski definition) is 5. The molecule has 1 heterocycles. The van der Waals surface area contributed by atoms with Gasteiger partial charge in [0.05, 0.1) is 12.4 Å². The van der Waals surface area contributed by atoms with Crippen LogP contribution in [-0.2, 0) is 22.4 Å². The topological polar surface area (TPSA) is 139 Å². The van der Waals surface area contributed by atoms with Crippen molar-refractivity contribution in [1.29, 1.82) is 0 Å². The van der Waals surface area contributed by atoms with E-state index in [1.807, 2.05) is 35.8 Å². The fourth-order valence-corrected chi connectivity index (χ4v) is 2.17. The molecule has 0 radical (unpaired) electrons. The molecule has 0 saturated heterocycles. The fourth-order valence-electron chi connectivity index (χ4n) is 2.17. The zero-order valence-electron chi connectivity index (χ0n) is 12.5. The van der Waals surface area contributed by atoms with Crippen molar-refractivity contribution >= 4 is 11.8 Å². The number of nitrogens with zero attached hydrogens (tertiary/aromatic N) is 1. The van der Waals surface area contributed by atoms with Crippen molar-refractivity contribution < 1.29 is 9.59 Å². The number of H-pyrrole nitrogens is 1. The summed E-state index contributed by atoms with van der Waals surface area (Å²) in [6.07, 6.45) is 3.70. The second-order valence-electron chi connectivity index (χ2n) is 5.15. The summed E-state index contributed by atoms with van der Waals surface area (Å²) in [5.41, 5.74) is 9.61. The smallest absolute Gasteiger partial charge is 0.256 e. The number of hydrazine groups is 1. The molecule has 122 valence electrons. The monoisotopic (exact) mass is 316 g/mol. The number of carbonyl (C=O) groups is 2. The lowest BCUT2D eigenvalue weighted by molar-refractivity contribution is -0.129. The number of aromatic nitrogens is 2. The van der Waals surface area contributed by atoms with Crippen LogP contribution in [0.1, 0.15) is 11.3 Å². The minimum absolute atomic E-state index is 0.243. The van der Waals surface area contributed by atoms with Gasteiger partial charge in [0.15, 0.2) is 0 Å². The molecule has 2 rings (SSSR count). The summed E-state index contributed by atoms with van der Waals surface area (Å²) in [5, 5.41) is 2.62. The molecule has 1 aromatic heterocycles.